The normalized spacial score (nSPS) is 35.2. The van der Waals surface area contributed by atoms with E-state index in [2.05, 4.69) is 54.9 Å². The van der Waals surface area contributed by atoms with Crippen LogP contribution >= 0.6 is 0 Å². The van der Waals surface area contributed by atoms with Gasteiger partial charge in [-0.05, 0) is 109 Å². The van der Waals surface area contributed by atoms with Gasteiger partial charge in [0.05, 0.1) is 5.41 Å². The number of fused-ring (bicyclic) bond motifs is 4. The van der Waals surface area contributed by atoms with E-state index in [9.17, 15) is 14.7 Å². The Morgan fingerprint density at radius 1 is 1.12 bits per heavy atom. The lowest BCUT2D eigenvalue weighted by Crippen LogP contribution is -2.51. The van der Waals surface area contributed by atoms with Gasteiger partial charge in [-0.2, -0.15) is 0 Å². The van der Waals surface area contributed by atoms with E-state index in [-0.39, 0.29) is 29.5 Å². The van der Waals surface area contributed by atoms with Crippen LogP contribution in [0.1, 0.15) is 96.5 Å². The number of rotatable bonds is 4. The highest BCUT2D eigenvalue weighted by molar-refractivity contribution is 5.93. The maximum atomic E-state index is 13.8. The van der Waals surface area contributed by atoms with Gasteiger partial charge in [-0.15, -0.1) is 0 Å². The third-order valence-corrected chi connectivity index (χ3v) is 11.5. The number of carbonyl (C=O) groups is 2. The highest BCUT2D eigenvalue weighted by Crippen LogP contribution is 2.70. The zero-order chi connectivity index (χ0) is 28.1. The SMILES string of the molecule is CCC(=O)[C@@]1(C#CCO)CC[C@H]2[C@@H]3CC(C)C4=CC(=O)CCC4=C3C(c3ccc(N4CCCCC4)cc3)C[C@@]21C. The van der Waals surface area contributed by atoms with Gasteiger partial charge in [0.2, 0.25) is 0 Å². The summed E-state index contributed by atoms with van der Waals surface area (Å²) in [6.45, 7) is 8.66. The van der Waals surface area contributed by atoms with Crippen LogP contribution in [-0.2, 0) is 9.59 Å². The average molecular weight is 540 g/mol. The highest BCUT2D eigenvalue weighted by atomic mass is 16.2. The summed E-state index contributed by atoms with van der Waals surface area (Å²) in [4.78, 5) is 28.8. The first-order valence-corrected chi connectivity index (χ1v) is 15.8. The van der Waals surface area contributed by atoms with Crippen molar-refractivity contribution >= 4 is 17.3 Å². The number of piperidine rings is 1. The molecule has 0 amide bonds. The van der Waals surface area contributed by atoms with Crippen molar-refractivity contribution in [2.24, 2.45) is 28.6 Å². The van der Waals surface area contributed by atoms with Crippen molar-refractivity contribution < 1.29 is 14.7 Å². The van der Waals surface area contributed by atoms with Crippen LogP contribution in [0.5, 0.6) is 0 Å². The predicted molar refractivity (Wildman–Crippen MR) is 160 cm³/mol. The number of Topliss-reactive ketones (excluding diaryl/α,β-unsaturated/α-hetero) is 1. The highest BCUT2D eigenvalue weighted by Gasteiger charge is 2.65. The van der Waals surface area contributed by atoms with Crippen molar-refractivity contribution in [2.75, 3.05) is 24.6 Å². The first-order chi connectivity index (χ1) is 19.3. The molecule has 40 heavy (non-hydrogen) atoms. The van der Waals surface area contributed by atoms with E-state index in [1.165, 1.54) is 41.7 Å². The molecule has 2 saturated carbocycles. The standard InChI is InChI=1S/C36H45NO3/c1-4-33(40)36(16-8-20-38)17-15-32-30-21-24(2)29-22-27(39)13-14-28(29)34(30)31(23-35(32,36)3)25-9-11-26(12-10-25)37-18-6-5-7-19-37/h9-12,22,24,30-32,38H,4-7,13-15,17-21,23H2,1-3H3/t24?,30-,31?,32-,35-,36+/m0/s1. The molecule has 4 heteroatoms. The number of aliphatic hydroxyl groups is 1. The van der Waals surface area contributed by atoms with Crippen molar-refractivity contribution in [1.29, 1.82) is 0 Å². The van der Waals surface area contributed by atoms with Crippen LogP contribution in [0, 0.1) is 40.4 Å². The van der Waals surface area contributed by atoms with Crippen LogP contribution in [0.2, 0.25) is 0 Å². The van der Waals surface area contributed by atoms with E-state index in [0.717, 1.165) is 45.2 Å². The van der Waals surface area contributed by atoms with Crippen molar-refractivity contribution in [3.8, 4) is 11.8 Å². The van der Waals surface area contributed by atoms with Crippen LogP contribution in [0.25, 0.3) is 0 Å². The molecule has 3 fully saturated rings. The molecular formula is C36H45NO3. The first-order valence-electron chi connectivity index (χ1n) is 15.8. The van der Waals surface area contributed by atoms with Crippen LogP contribution in [0.4, 0.5) is 5.69 Å². The Morgan fingerprint density at radius 2 is 1.88 bits per heavy atom. The minimum absolute atomic E-state index is 0.207. The molecule has 6 rings (SSSR count). The smallest absolute Gasteiger partial charge is 0.156 e. The zero-order valence-electron chi connectivity index (χ0n) is 24.6. The number of allylic oxidation sites excluding steroid dienone is 4. The van der Waals surface area contributed by atoms with Gasteiger partial charge in [0.1, 0.15) is 6.61 Å². The molecule has 0 bridgehead atoms. The molecule has 1 aromatic carbocycles. The molecule has 1 heterocycles. The number of anilines is 1. The number of hydrogen-bond donors (Lipinski definition) is 1. The average Bonchev–Trinajstić information content (AvgIpc) is 3.28. The van der Waals surface area contributed by atoms with E-state index < -0.39 is 5.41 Å². The Balaban J connectivity index is 1.49. The summed E-state index contributed by atoms with van der Waals surface area (Å²) in [6.07, 6.45) is 11.4. The molecule has 5 aliphatic rings. The lowest BCUT2D eigenvalue weighted by Gasteiger charge is -2.55. The number of carbonyl (C=O) groups excluding carboxylic acids is 2. The van der Waals surface area contributed by atoms with E-state index in [0.29, 0.717) is 30.6 Å². The molecule has 2 unspecified atom stereocenters. The first kappa shape index (κ1) is 27.5. The lowest BCUT2D eigenvalue weighted by molar-refractivity contribution is -0.132. The van der Waals surface area contributed by atoms with E-state index in [4.69, 9.17) is 0 Å². The minimum atomic E-state index is -0.709. The van der Waals surface area contributed by atoms with Gasteiger partial charge in [0.25, 0.3) is 0 Å². The molecule has 6 atom stereocenters. The number of hydrogen-bond acceptors (Lipinski definition) is 4. The minimum Gasteiger partial charge on any atom is -0.384 e. The molecule has 0 aromatic heterocycles. The second-order valence-corrected chi connectivity index (χ2v) is 13.3. The number of benzene rings is 1. The van der Waals surface area contributed by atoms with E-state index in [1.54, 1.807) is 5.57 Å². The molecule has 1 N–H and O–H groups in total. The Hall–Kier alpha value is -2.64. The second-order valence-electron chi connectivity index (χ2n) is 13.3. The maximum absolute atomic E-state index is 13.8. The lowest BCUT2D eigenvalue weighted by atomic mass is 9.47. The predicted octanol–water partition coefficient (Wildman–Crippen LogP) is 6.78. The second kappa shape index (κ2) is 10.6. The zero-order valence-corrected chi connectivity index (χ0v) is 24.6. The third kappa shape index (κ3) is 4.23. The molecule has 0 radical (unpaired) electrons. The van der Waals surface area contributed by atoms with Crippen LogP contribution in [0.3, 0.4) is 0 Å². The summed E-state index contributed by atoms with van der Waals surface area (Å²) in [6, 6.07) is 9.31. The Kier molecular flexibility index (Phi) is 7.32. The Labute approximate surface area is 240 Å². The maximum Gasteiger partial charge on any atom is 0.156 e. The van der Waals surface area contributed by atoms with Crippen molar-refractivity contribution in [2.45, 2.75) is 90.9 Å². The van der Waals surface area contributed by atoms with Crippen molar-refractivity contribution in [1.82, 2.24) is 0 Å². The number of aliphatic hydroxyl groups excluding tert-OH is 1. The van der Waals surface area contributed by atoms with Gasteiger partial charge in [0.15, 0.2) is 11.6 Å². The van der Waals surface area contributed by atoms with Crippen LogP contribution < -0.4 is 4.90 Å². The summed E-state index contributed by atoms with van der Waals surface area (Å²) in [5.41, 5.74) is 5.94. The van der Waals surface area contributed by atoms with E-state index in [1.807, 2.05) is 13.0 Å². The molecule has 1 saturated heterocycles. The van der Waals surface area contributed by atoms with Crippen molar-refractivity contribution in [3.05, 3.63) is 52.6 Å². The fourth-order valence-corrected chi connectivity index (χ4v) is 9.57. The number of ketones is 2. The topological polar surface area (TPSA) is 57.6 Å². The molecule has 4 nitrogen and oxygen atoms in total. The van der Waals surface area contributed by atoms with Gasteiger partial charge in [-0.25, -0.2) is 0 Å². The van der Waals surface area contributed by atoms with Gasteiger partial charge >= 0.3 is 0 Å². The van der Waals surface area contributed by atoms with E-state index >= 15 is 0 Å². The Bertz CT molecular complexity index is 1300. The molecule has 4 aliphatic carbocycles. The summed E-state index contributed by atoms with van der Waals surface area (Å²) < 4.78 is 0. The van der Waals surface area contributed by atoms with Gasteiger partial charge < -0.3 is 10.0 Å². The molecule has 1 aromatic rings. The number of nitrogens with zero attached hydrogens (tertiary/aromatic N) is 1. The van der Waals surface area contributed by atoms with Gasteiger partial charge in [-0.1, -0.05) is 50.3 Å². The Morgan fingerprint density at radius 3 is 2.58 bits per heavy atom. The van der Waals surface area contributed by atoms with Crippen LogP contribution in [-0.4, -0.2) is 36.4 Å². The molecular weight excluding hydrogens is 494 g/mol. The summed E-state index contributed by atoms with van der Waals surface area (Å²) in [5.74, 6) is 8.18. The largest absolute Gasteiger partial charge is 0.384 e. The van der Waals surface area contributed by atoms with Gasteiger partial charge in [-0.3, -0.25) is 9.59 Å². The van der Waals surface area contributed by atoms with Crippen molar-refractivity contribution in [3.63, 3.8) is 0 Å². The summed E-state index contributed by atoms with van der Waals surface area (Å²) in [5, 5.41) is 9.68. The molecule has 1 aliphatic heterocycles. The summed E-state index contributed by atoms with van der Waals surface area (Å²) in [7, 11) is 0. The van der Waals surface area contributed by atoms with Gasteiger partial charge in [0, 0.05) is 37.5 Å². The summed E-state index contributed by atoms with van der Waals surface area (Å²) >= 11 is 0. The molecule has 212 valence electrons. The monoisotopic (exact) mass is 539 g/mol. The fourth-order valence-electron chi connectivity index (χ4n) is 9.57. The molecule has 0 spiro atoms. The quantitative estimate of drug-likeness (QED) is 0.429. The van der Waals surface area contributed by atoms with Crippen LogP contribution in [0.15, 0.2) is 47.1 Å². The third-order valence-electron chi connectivity index (χ3n) is 11.5. The fraction of sp³-hybridized carbons (Fsp3) is 0.611.